The van der Waals surface area contributed by atoms with Gasteiger partial charge < -0.3 is 20.5 Å². The molecule has 1 rings (SSSR count). The smallest absolute Gasteiger partial charge is 0.223 e. The molecule has 0 aromatic heterocycles. The van der Waals surface area contributed by atoms with E-state index in [0.717, 1.165) is 32.1 Å². The molecule has 5 nitrogen and oxygen atoms in total. The summed E-state index contributed by atoms with van der Waals surface area (Å²) in [6.45, 7) is 4.58. The summed E-state index contributed by atoms with van der Waals surface area (Å²) < 4.78 is 10.2. The second-order valence-electron chi connectivity index (χ2n) is 5.73. The Morgan fingerprint density at radius 1 is 1.35 bits per heavy atom. The summed E-state index contributed by atoms with van der Waals surface area (Å²) in [4.78, 5) is 12.1. The predicted molar refractivity (Wildman–Crippen MR) is 79.4 cm³/mol. The first-order valence-corrected chi connectivity index (χ1v) is 7.75. The predicted octanol–water partition coefficient (Wildman–Crippen LogP) is 1.31. The molecule has 3 atom stereocenters. The lowest BCUT2D eigenvalue weighted by atomic mass is 9.78. The lowest BCUT2D eigenvalue weighted by molar-refractivity contribution is -0.126. The summed E-state index contributed by atoms with van der Waals surface area (Å²) in [5, 5.41) is 2.99. The number of nitrogens with one attached hydrogen (secondary N) is 1. The summed E-state index contributed by atoms with van der Waals surface area (Å²) in [5.41, 5.74) is 5.98. The third-order valence-corrected chi connectivity index (χ3v) is 4.07. The van der Waals surface area contributed by atoms with Crippen LogP contribution < -0.4 is 11.1 Å². The molecular weight excluding hydrogens is 256 g/mol. The average molecular weight is 286 g/mol. The number of methoxy groups -OCH3 is 1. The number of rotatable bonds is 9. The maximum Gasteiger partial charge on any atom is 0.223 e. The first-order chi connectivity index (χ1) is 9.65. The van der Waals surface area contributed by atoms with Crippen molar-refractivity contribution in [3.8, 4) is 0 Å². The van der Waals surface area contributed by atoms with Crippen LogP contribution in [0.5, 0.6) is 0 Å². The van der Waals surface area contributed by atoms with Crippen LogP contribution in [-0.4, -0.2) is 45.4 Å². The standard InChI is InChI=1S/C15H30N2O3/c1-12(13-5-3-6-14(16)11-13)15(18)17-7-4-8-20-10-9-19-2/h12-14H,3-11,16H2,1-2H3,(H,17,18). The molecule has 1 saturated carbocycles. The van der Waals surface area contributed by atoms with Crippen LogP contribution in [0.25, 0.3) is 0 Å². The number of hydrogen-bond acceptors (Lipinski definition) is 4. The van der Waals surface area contributed by atoms with Crippen LogP contribution in [0.4, 0.5) is 0 Å². The van der Waals surface area contributed by atoms with Gasteiger partial charge in [-0.1, -0.05) is 13.3 Å². The fraction of sp³-hybridized carbons (Fsp3) is 0.933. The Hall–Kier alpha value is -0.650. The molecule has 0 heterocycles. The fourth-order valence-electron chi connectivity index (χ4n) is 2.73. The minimum Gasteiger partial charge on any atom is -0.382 e. The van der Waals surface area contributed by atoms with Gasteiger partial charge in [0.2, 0.25) is 5.91 Å². The van der Waals surface area contributed by atoms with Crippen molar-refractivity contribution in [2.45, 2.75) is 45.1 Å². The molecule has 0 aliphatic heterocycles. The molecule has 1 aliphatic carbocycles. The van der Waals surface area contributed by atoms with Gasteiger partial charge in [0.1, 0.15) is 0 Å². The molecule has 0 aromatic rings. The Morgan fingerprint density at radius 2 is 2.15 bits per heavy atom. The number of nitrogens with two attached hydrogens (primary N) is 1. The second-order valence-corrected chi connectivity index (χ2v) is 5.73. The number of ether oxygens (including phenoxy) is 2. The van der Waals surface area contributed by atoms with Gasteiger partial charge in [-0.3, -0.25) is 4.79 Å². The van der Waals surface area contributed by atoms with E-state index in [-0.39, 0.29) is 17.9 Å². The summed E-state index contributed by atoms with van der Waals surface area (Å²) in [5.74, 6) is 0.661. The second kappa shape index (κ2) is 10.1. The highest BCUT2D eigenvalue weighted by molar-refractivity contribution is 5.78. The van der Waals surface area contributed by atoms with Crippen LogP contribution in [0.15, 0.2) is 0 Å². The van der Waals surface area contributed by atoms with E-state index >= 15 is 0 Å². The Balaban J connectivity index is 2.09. The largest absolute Gasteiger partial charge is 0.382 e. The number of hydrogen-bond donors (Lipinski definition) is 2. The molecule has 3 N–H and O–H groups in total. The molecular formula is C15H30N2O3. The maximum atomic E-state index is 12.1. The SMILES string of the molecule is COCCOCCCNC(=O)C(C)C1CCCC(N)C1. The van der Waals surface area contributed by atoms with Crippen molar-refractivity contribution in [3.63, 3.8) is 0 Å². The molecule has 20 heavy (non-hydrogen) atoms. The first kappa shape index (κ1) is 17.4. The van der Waals surface area contributed by atoms with Gasteiger partial charge in [0, 0.05) is 32.2 Å². The zero-order valence-electron chi connectivity index (χ0n) is 12.9. The van der Waals surface area contributed by atoms with Crippen LogP contribution in [-0.2, 0) is 14.3 Å². The molecule has 0 bridgehead atoms. The van der Waals surface area contributed by atoms with Crippen LogP contribution in [0, 0.1) is 11.8 Å². The van der Waals surface area contributed by atoms with Crippen molar-refractivity contribution in [3.05, 3.63) is 0 Å². The number of amides is 1. The van der Waals surface area contributed by atoms with Crippen molar-refractivity contribution in [1.29, 1.82) is 0 Å². The van der Waals surface area contributed by atoms with E-state index in [1.165, 1.54) is 0 Å². The van der Waals surface area contributed by atoms with Gasteiger partial charge >= 0.3 is 0 Å². The number of carbonyl (C=O) groups is 1. The van der Waals surface area contributed by atoms with E-state index in [4.69, 9.17) is 15.2 Å². The summed E-state index contributed by atoms with van der Waals surface area (Å²) in [6, 6.07) is 0.276. The Morgan fingerprint density at radius 3 is 2.85 bits per heavy atom. The Bertz CT molecular complexity index is 274. The molecule has 0 saturated heterocycles. The van der Waals surface area contributed by atoms with E-state index in [0.29, 0.717) is 32.3 Å². The minimum absolute atomic E-state index is 0.0655. The van der Waals surface area contributed by atoms with Crippen LogP contribution >= 0.6 is 0 Å². The highest BCUT2D eigenvalue weighted by atomic mass is 16.5. The summed E-state index contributed by atoms with van der Waals surface area (Å²) in [6.07, 6.45) is 5.20. The van der Waals surface area contributed by atoms with Crippen molar-refractivity contribution in [1.82, 2.24) is 5.32 Å². The van der Waals surface area contributed by atoms with Gasteiger partial charge in [0.15, 0.2) is 0 Å². The Kier molecular flexibility index (Phi) is 8.82. The topological polar surface area (TPSA) is 73.6 Å². The van der Waals surface area contributed by atoms with Gasteiger partial charge in [-0.2, -0.15) is 0 Å². The molecule has 0 aromatic carbocycles. The molecule has 1 amide bonds. The fourth-order valence-corrected chi connectivity index (χ4v) is 2.73. The quantitative estimate of drug-likeness (QED) is 0.627. The van der Waals surface area contributed by atoms with Gasteiger partial charge in [-0.05, 0) is 31.6 Å². The minimum atomic E-state index is 0.0655. The third-order valence-electron chi connectivity index (χ3n) is 4.07. The van der Waals surface area contributed by atoms with E-state index < -0.39 is 0 Å². The lowest BCUT2D eigenvalue weighted by Crippen LogP contribution is -2.38. The van der Waals surface area contributed by atoms with Crippen LogP contribution in [0.2, 0.25) is 0 Å². The van der Waals surface area contributed by atoms with Gasteiger partial charge in [-0.15, -0.1) is 0 Å². The summed E-state index contributed by atoms with van der Waals surface area (Å²) >= 11 is 0. The van der Waals surface area contributed by atoms with Crippen molar-refractivity contribution in [2.75, 3.05) is 33.5 Å². The zero-order chi connectivity index (χ0) is 14.8. The normalized spacial score (nSPS) is 24.4. The van der Waals surface area contributed by atoms with Gasteiger partial charge in [-0.25, -0.2) is 0 Å². The van der Waals surface area contributed by atoms with E-state index in [2.05, 4.69) is 5.32 Å². The molecule has 118 valence electrons. The highest BCUT2D eigenvalue weighted by Crippen LogP contribution is 2.29. The van der Waals surface area contributed by atoms with Crippen molar-refractivity contribution < 1.29 is 14.3 Å². The van der Waals surface area contributed by atoms with Crippen molar-refractivity contribution in [2.24, 2.45) is 17.6 Å². The molecule has 5 heteroatoms. The zero-order valence-corrected chi connectivity index (χ0v) is 12.9. The Labute approximate surface area is 122 Å². The lowest BCUT2D eigenvalue weighted by Gasteiger charge is -2.30. The van der Waals surface area contributed by atoms with E-state index in [1.807, 2.05) is 6.92 Å². The van der Waals surface area contributed by atoms with Crippen LogP contribution in [0.1, 0.15) is 39.0 Å². The van der Waals surface area contributed by atoms with E-state index in [9.17, 15) is 4.79 Å². The van der Waals surface area contributed by atoms with E-state index in [1.54, 1.807) is 7.11 Å². The average Bonchev–Trinajstić information content (AvgIpc) is 2.45. The van der Waals surface area contributed by atoms with Gasteiger partial charge in [0.05, 0.1) is 13.2 Å². The highest BCUT2D eigenvalue weighted by Gasteiger charge is 2.28. The van der Waals surface area contributed by atoms with Crippen molar-refractivity contribution >= 4 is 5.91 Å². The van der Waals surface area contributed by atoms with Gasteiger partial charge in [0.25, 0.3) is 0 Å². The molecule has 0 radical (unpaired) electrons. The molecule has 0 spiro atoms. The molecule has 3 unspecified atom stereocenters. The molecule has 1 fully saturated rings. The molecule has 1 aliphatic rings. The first-order valence-electron chi connectivity index (χ1n) is 7.75. The summed E-state index contributed by atoms with van der Waals surface area (Å²) in [7, 11) is 1.65. The number of carbonyl (C=O) groups excluding carboxylic acids is 1. The monoisotopic (exact) mass is 286 g/mol. The van der Waals surface area contributed by atoms with Crippen LogP contribution in [0.3, 0.4) is 0 Å². The maximum absolute atomic E-state index is 12.1. The third kappa shape index (κ3) is 6.68.